The van der Waals surface area contributed by atoms with Crippen molar-refractivity contribution in [3.05, 3.63) is 29.8 Å². The van der Waals surface area contributed by atoms with E-state index in [4.69, 9.17) is 9.47 Å². The Kier molecular flexibility index (Phi) is 6.04. The summed E-state index contributed by atoms with van der Waals surface area (Å²) in [7, 11) is 5.01. The van der Waals surface area contributed by atoms with Gasteiger partial charge in [-0.05, 0) is 12.1 Å². The number of carbonyl (C=O) groups is 1. The minimum absolute atomic E-state index is 0.0266. The van der Waals surface area contributed by atoms with Crippen LogP contribution in [0.5, 0.6) is 0 Å². The van der Waals surface area contributed by atoms with Gasteiger partial charge in [0, 0.05) is 47.0 Å². The first-order chi connectivity index (χ1) is 11.0. The summed E-state index contributed by atoms with van der Waals surface area (Å²) < 4.78 is 25.1. The highest BCUT2D eigenvalue weighted by Gasteiger charge is 2.37. The molecule has 2 rings (SSSR count). The maximum atomic E-state index is 13.8. The predicted molar refractivity (Wildman–Crippen MR) is 83.3 cm³/mol. The van der Waals surface area contributed by atoms with E-state index in [1.54, 1.807) is 33.5 Å². The molecule has 1 aromatic heterocycles. The lowest BCUT2D eigenvalue weighted by Gasteiger charge is -2.34. The van der Waals surface area contributed by atoms with Gasteiger partial charge < -0.3 is 14.4 Å². The van der Waals surface area contributed by atoms with Crippen molar-refractivity contribution in [2.45, 2.75) is 18.6 Å². The van der Waals surface area contributed by atoms with E-state index in [1.807, 2.05) is 4.90 Å². The van der Waals surface area contributed by atoms with Gasteiger partial charge in [0.2, 0.25) is 5.91 Å². The average molecular weight is 325 g/mol. The molecule has 1 aliphatic heterocycles. The molecule has 1 aromatic rings. The molecule has 0 aromatic carbocycles. The van der Waals surface area contributed by atoms with Crippen LogP contribution in [0.15, 0.2) is 18.3 Å². The lowest BCUT2D eigenvalue weighted by Crippen LogP contribution is -2.48. The van der Waals surface area contributed by atoms with Crippen molar-refractivity contribution in [1.82, 2.24) is 14.8 Å². The first kappa shape index (κ1) is 17.8. The zero-order valence-electron chi connectivity index (χ0n) is 13.9. The van der Waals surface area contributed by atoms with Crippen molar-refractivity contribution in [3.8, 4) is 0 Å². The number of methoxy groups -OCH3 is 1. The van der Waals surface area contributed by atoms with Crippen LogP contribution in [0.4, 0.5) is 4.39 Å². The molecule has 1 amide bonds. The molecule has 1 aliphatic rings. The third kappa shape index (κ3) is 4.70. The summed E-state index contributed by atoms with van der Waals surface area (Å²) in [4.78, 5) is 19.8. The second-order valence-corrected chi connectivity index (χ2v) is 6.05. The first-order valence-corrected chi connectivity index (χ1v) is 7.60. The van der Waals surface area contributed by atoms with Crippen LogP contribution in [-0.4, -0.2) is 73.8 Å². The normalized spacial score (nSPS) is 22.6. The zero-order valence-corrected chi connectivity index (χ0v) is 13.9. The largest absolute Gasteiger partial charge is 0.377 e. The summed E-state index contributed by atoms with van der Waals surface area (Å²) in [6.07, 6.45) is 1.80. The number of aromatic nitrogens is 1. The van der Waals surface area contributed by atoms with E-state index < -0.39 is 5.60 Å². The van der Waals surface area contributed by atoms with Gasteiger partial charge in [-0.2, -0.15) is 0 Å². The van der Waals surface area contributed by atoms with Crippen LogP contribution in [0.1, 0.15) is 12.1 Å². The third-order valence-corrected chi connectivity index (χ3v) is 4.04. The van der Waals surface area contributed by atoms with Gasteiger partial charge in [-0.1, -0.05) is 0 Å². The summed E-state index contributed by atoms with van der Waals surface area (Å²) in [5.41, 5.74) is -0.346. The summed E-state index contributed by atoms with van der Waals surface area (Å²) in [6, 6.07) is 2.97. The second kappa shape index (κ2) is 7.81. The Bertz CT molecular complexity index is 541. The average Bonchev–Trinajstić information content (AvgIpc) is 2.72. The van der Waals surface area contributed by atoms with Crippen LogP contribution in [0.2, 0.25) is 0 Å². The monoisotopic (exact) mass is 325 g/mol. The molecule has 0 aliphatic carbocycles. The van der Waals surface area contributed by atoms with E-state index in [-0.39, 0.29) is 18.1 Å². The summed E-state index contributed by atoms with van der Waals surface area (Å²) >= 11 is 0. The number of pyridine rings is 1. The van der Waals surface area contributed by atoms with Gasteiger partial charge in [-0.3, -0.25) is 14.7 Å². The maximum absolute atomic E-state index is 13.8. The van der Waals surface area contributed by atoms with E-state index >= 15 is 0 Å². The number of hydrogen-bond donors (Lipinski definition) is 0. The van der Waals surface area contributed by atoms with Crippen molar-refractivity contribution >= 4 is 5.91 Å². The minimum Gasteiger partial charge on any atom is -0.377 e. The van der Waals surface area contributed by atoms with Crippen LogP contribution >= 0.6 is 0 Å². The quantitative estimate of drug-likeness (QED) is 0.806. The zero-order chi connectivity index (χ0) is 16.9. The fourth-order valence-electron chi connectivity index (χ4n) is 2.60. The maximum Gasteiger partial charge on any atom is 0.225 e. The summed E-state index contributed by atoms with van der Waals surface area (Å²) in [5.74, 6) is -0.355. The Morgan fingerprint density at radius 2 is 2.35 bits per heavy atom. The van der Waals surface area contributed by atoms with Crippen LogP contribution in [-0.2, 0) is 20.8 Å². The van der Waals surface area contributed by atoms with E-state index in [0.29, 0.717) is 38.5 Å². The van der Waals surface area contributed by atoms with Gasteiger partial charge in [0.1, 0.15) is 11.4 Å². The van der Waals surface area contributed by atoms with Crippen LogP contribution < -0.4 is 0 Å². The Hall–Kier alpha value is -1.57. The molecule has 6 nitrogen and oxygen atoms in total. The molecule has 0 spiro atoms. The number of hydrogen-bond acceptors (Lipinski definition) is 5. The van der Waals surface area contributed by atoms with E-state index in [0.717, 1.165) is 0 Å². The molecule has 0 radical (unpaired) electrons. The Balaban J connectivity index is 2.12. The summed E-state index contributed by atoms with van der Waals surface area (Å²) in [6.45, 7) is 2.33. The minimum atomic E-state index is -0.733. The first-order valence-electron chi connectivity index (χ1n) is 7.60. The predicted octanol–water partition coefficient (Wildman–Crippen LogP) is 0.916. The number of carbonyl (C=O) groups excluding carboxylic acids is 1. The fourth-order valence-corrected chi connectivity index (χ4v) is 2.60. The lowest BCUT2D eigenvalue weighted by atomic mass is 9.98. The molecule has 7 heteroatoms. The third-order valence-electron chi connectivity index (χ3n) is 4.04. The molecule has 0 unspecified atom stereocenters. The van der Waals surface area contributed by atoms with Gasteiger partial charge in [-0.25, -0.2) is 4.39 Å². The van der Waals surface area contributed by atoms with Crippen LogP contribution in [0.25, 0.3) is 0 Å². The molecule has 1 saturated heterocycles. The van der Waals surface area contributed by atoms with Crippen molar-refractivity contribution in [2.24, 2.45) is 0 Å². The molecule has 0 bridgehead atoms. The molecule has 1 atom stereocenters. The highest BCUT2D eigenvalue weighted by Crippen LogP contribution is 2.23. The standard InChI is InChI=1S/C16H24FN3O3/c1-19(2)15(21)9-16(22-3)11-20(7-8-23-12-16)10-14-13(17)5-4-6-18-14/h4-6H,7-12H2,1-3H3/t16-/m1/s1. The summed E-state index contributed by atoms with van der Waals surface area (Å²) in [5, 5.41) is 0. The Labute approximate surface area is 136 Å². The van der Waals surface area contributed by atoms with Crippen molar-refractivity contribution in [2.75, 3.05) is 47.5 Å². The second-order valence-electron chi connectivity index (χ2n) is 6.05. The highest BCUT2D eigenvalue weighted by atomic mass is 19.1. The molecule has 1 fully saturated rings. The van der Waals surface area contributed by atoms with E-state index in [2.05, 4.69) is 4.98 Å². The van der Waals surface area contributed by atoms with Crippen molar-refractivity contribution < 1.29 is 18.7 Å². The smallest absolute Gasteiger partial charge is 0.225 e. The SMILES string of the molecule is CO[C@@]1(CC(=O)N(C)C)COCCN(Cc2ncccc2F)C1. The fraction of sp³-hybridized carbons (Fsp3) is 0.625. The molecular weight excluding hydrogens is 301 g/mol. The number of ether oxygens (including phenoxy) is 2. The van der Waals surface area contributed by atoms with Gasteiger partial charge in [0.05, 0.1) is 25.3 Å². The number of rotatable bonds is 5. The van der Waals surface area contributed by atoms with Crippen LogP contribution in [0, 0.1) is 5.82 Å². The van der Waals surface area contributed by atoms with Gasteiger partial charge >= 0.3 is 0 Å². The number of amides is 1. The Morgan fingerprint density at radius 1 is 1.57 bits per heavy atom. The van der Waals surface area contributed by atoms with E-state index in [1.165, 1.54) is 11.0 Å². The molecule has 128 valence electrons. The van der Waals surface area contributed by atoms with Crippen molar-refractivity contribution in [3.63, 3.8) is 0 Å². The van der Waals surface area contributed by atoms with Crippen LogP contribution in [0.3, 0.4) is 0 Å². The van der Waals surface area contributed by atoms with Crippen molar-refractivity contribution in [1.29, 1.82) is 0 Å². The molecule has 23 heavy (non-hydrogen) atoms. The van der Waals surface area contributed by atoms with Gasteiger partial charge in [0.25, 0.3) is 0 Å². The molecular formula is C16H24FN3O3. The van der Waals surface area contributed by atoms with E-state index in [9.17, 15) is 9.18 Å². The Morgan fingerprint density at radius 3 is 3.00 bits per heavy atom. The van der Waals surface area contributed by atoms with Gasteiger partial charge in [-0.15, -0.1) is 0 Å². The number of nitrogens with zero attached hydrogens (tertiary/aromatic N) is 3. The lowest BCUT2D eigenvalue weighted by molar-refractivity contribution is -0.139. The highest BCUT2D eigenvalue weighted by molar-refractivity contribution is 5.76. The van der Waals surface area contributed by atoms with Gasteiger partial charge in [0.15, 0.2) is 0 Å². The molecule has 2 heterocycles. The number of halogens is 1. The molecule has 0 saturated carbocycles. The molecule has 0 N–H and O–H groups in total. The topological polar surface area (TPSA) is 54.9 Å².